The van der Waals surface area contributed by atoms with Crippen LogP contribution in [-0.2, 0) is 4.74 Å². The van der Waals surface area contributed by atoms with Gasteiger partial charge in [-0.1, -0.05) is 0 Å². The molecule has 6 nitrogen and oxygen atoms in total. The summed E-state index contributed by atoms with van der Waals surface area (Å²) in [4.78, 5) is 8.43. The molecule has 16 heavy (non-hydrogen) atoms. The molecule has 0 amide bonds. The largest absolute Gasteiger partial charge is 0.379 e. The predicted octanol–water partition coefficient (Wildman–Crippen LogP) is 0.662. The monoisotopic (exact) mass is 223 g/mol. The predicted molar refractivity (Wildman–Crippen MR) is 62.0 cm³/mol. The fourth-order valence-corrected chi connectivity index (χ4v) is 1.78. The van der Waals surface area contributed by atoms with E-state index in [9.17, 15) is 0 Å². The Kier molecular flexibility index (Phi) is 3.53. The van der Waals surface area contributed by atoms with Crippen molar-refractivity contribution in [3.8, 4) is 0 Å². The number of anilines is 2. The highest BCUT2D eigenvalue weighted by atomic mass is 16.5. The Morgan fingerprint density at radius 2 is 2.25 bits per heavy atom. The van der Waals surface area contributed by atoms with Crippen LogP contribution >= 0.6 is 0 Å². The van der Waals surface area contributed by atoms with Gasteiger partial charge in [-0.25, -0.2) is 15.8 Å². The third kappa shape index (κ3) is 2.80. The SMILES string of the molecule is Cc1nc(NN)cc(NC2CCCOC2)n1. The third-order valence-electron chi connectivity index (χ3n) is 2.50. The van der Waals surface area contributed by atoms with E-state index >= 15 is 0 Å². The highest BCUT2D eigenvalue weighted by Crippen LogP contribution is 2.15. The maximum atomic E-state index is 5.39. The fourth-order valence-electron chi connectivity index (χ4n) is 1.78. The number of hydrogen-bond acceptors (Lipinski definition) is 6. The zero-order valence-electron chi connectivity index (χ0n) is 9.36. The maximum Gasteiger partial charge on any atom is 0.145 e. The van der Waals surface area contributed by atoms with Crippen LogP contribution in [0.5, 0.6) is 0 Å². The summed E-state index contributed by atoms with van der Waals surface area (Å²) in [6.45, 7) is 3.43. The smallest absolute Gasteiger partial charge is 0.145 e. The minimum absolute atomic E-state index is 0.327. The quantitative estimate of drug-likeness (QED) is 0.515. The van der Waals surface area contributed by atoms with Crippen molar-refractivity contribution in [2.45, 2.75) is 25.8 Å². The molecule has 1 aromatic rings. The van der Waals surface area contributed by atoms with E-state index in [2.05, 4.69) is 20.7 Å². The molecule has 0 aromatic carbocycles. The molecule has 88 valence electrons. The first-order valence-electron chi connectivity index (χ1n) is 5.44. The van der Waals surface area contributed by atoms with Gasteiger partial charge in [-0.2, -0.15) is 0 Å². The second-order valence-corrected chi connectivity index (χ2v) is 3.89. The van der Waals surface area contributed by atoms with E-state index < -0.39 is 0 Å². The molecule has 6 heteroatoms. The highest BCUT2D eigenvalue weighted by molar-refractivity contribution is 5.47. The summed E-state index contributed by atoms with van der Waals surface area (Å²) in [6.07, 6.45) is 2.19. The lowest BCUT2D eigenvalue weighted by Crippen LogP contribution is -2.30. The van der Waals surface area contributed by atoms with Crippen LogP contribution in [-0.4, -0.2) is 29.2 Å². The van der Waals surface area contributed by atoms with Crippen LogP contribution in [0, 0.1) is 6.92 Å². The van der Waals surface area contributed by atoms with Crippen molar-refractivity contribution in [2.24, 2.45) is 5.84 Å². The number of aryl methyl sites for hydroxylation is 1. The first kappa shape index (κ1) is 11.1. The van der Waals surface area contributed by atoms with Crippen LogP contribution in [0.25, 0.3) is 0 Å². The first-order chi connectivity index (χ1) is 7.78. The Hall–Kier alpha value is -1.40. The highest BCUT2D eigenvalue weighted by Gasteiger charge is 2.14. The van der Waals surface area contributed by atoms with Crippen molar-refractivity contribution in [1.29, 1.82) is 0 Å². The van der Waals surface area contributed by atoms with E-state index in [1.54, 1.807) is 6.07 Å². The molecule has 1 aliphatic heterocycles. The number of nitrogens with one attached hydrogen (secondary N) is 2. The van der Waals surface area contributed by atoms with Crippen LogP contribution < -0.4 is 16.6 Å². The summed E-state index contributed by atoms with van der Waals surface area (Å²) in [6, 6.07) is 2.12. The summed E-state index contributed by atoms with van der Waals surface area (Å²) < 4.78 is 5.39. The van der Waals surface area contributed by atoms with Gasteiger partial charge >= 0.3 is 0 Å². The Labute approximate surface area is 94.6 Å². The van der Waals surface area contributed by atoms with Gasteiger partial charge in [0.1, 0.15) is 17.5 Å². The average Bonchev–Trinajstić information content (AvgIpc) is 2.29. The molecule has 0 aliphatic carbocycles. The molecule has 0 saturated carbocycles. The number of nitrogen functional groups attached to an aromatic ring is 1. The van der Waals surface area contributed by atoms with E-state index in [-0.39, 0.29) is 0 Å². The summed E-state index contributed by atoms with van der Waals surface area (Å²) in [5.41, 5.74) is 2.52. The van der Waals surface area contributed by atoms with E-state index in [4.69, 9.17) is 10.6 Å². The van der Waals surface area contributed by atoms with Gasteiger partial charge in [0.25, 0.3) is 0 Å². The number of aromatic nitrogens is 2. The van der Waals surface area contributed by atoms with Gasteiger partial charge in [0, 0.05) is 12.7 Å². The number of nitrogens with two attached hydrogens (primary N) is 1. The van der Waals surface area contributed by atoms with Crippen molar-refractivity contribution in [1.82, 2.24) is 9.97 Å². The number of ether oxygens (including phenoxy) is 1. The molecule has 2 heterocycles. The van der Waals surface area contributed by atoms with E-state index in [1.807, 2.05) is 6.92 Å². The van der Waals surface area contributed by atoms with Crippen molar-refractivity contribution in [3.63, 3.8) is 0 Å². The molecular formula is C10H17N5O. The van der Waals surface area contributed by atoms with Gasteiger partial charge in [-0.3, -0.25) is 0 Å². The zero-order chi connectivity index (χ0) is 11.4. The average molecular weight is 223 g/mol. The summed E-state index contributed by atoms with van der Waals surface area (Å²) in [5.74, 6) is 7.42. The molecule has 4 N–H and O–H groups in total. The van der Waals surface area contributed by atoms with Crippen LogP contribution in [0.1, 0.15) is 18.7 Å². The number of hydrazine groups is 1. The molecule has 0 radical (unpaired) electrons. The molecule has 1 aliphatic rings. The summed E-state index contributed by atoms with van der Waals surface area (Å²) in [5, 5.41) is 3.32. The number of hydrogen-bond donors (Lipinski definition) is 3. The summed E-state index contributed by atoms with van der Waals surface area (Å²) >= 11 is 0. The molecule has 1 fully saturated rings. The van der Waals surface area contributed by atoms with Crippen LogP contribution in [0.3, 0.4) is 0 Å². The molecule has 1 aromatic heterocycles. The molecule has 0 bridgehead atoms. The molecular weight excluding hydrogens is 206 g/mol. The Balaban J connectivity index is 2.04. The number of nitrogens with zero attached hydrogens (tertiary/aromatic N) is 2. The topological polar surface area (TPSA) is 85.1 Å². The van der Waals surface area contributed by atoms with Crippen molar-refractivity contribution in [2.75, 3.05) is 24.0 Å². The van der Waals surface area contributed by atoms with Crippen LogP contribution in [0.15, 0.2) is 6.07 Å². The van der Waals surface area contributed by atoms with E-state index in [0.29, 0.717) is 17.7 Å². The number of rotatable bonds is 3. The summed E-state index contributed by atoms with van der Waals surface area (Å²) in [7, 11) is 0. The molecule has 1 unspecified atom stereocenters. The van der Waals surface area contributed by atoms with Gasteiger partial charge in [0.2, 0.25) is 0 Å². The Bertz CT molecular complexity index is 351. The van der Waals surface area contributed by atoms with Crippen LogP contribution in [0.4, 0.5) is 11.6 Å². The van der Waals surface area contributed by atoms with E-state index in [1.165, 1.54) is 0 Å². The van der Waals surface area contributed by atoms with Gasteiger partial charge in [-0.15, -0.1) is 0 Å². The molecule has 0 spiro atoms. The fraction of sp³-hybridized carbons (Fsp3) is 0.600. The lowest BCUT2D eigenvalue weighted by molar-refractivity contribution is 0.0875. The maximum absolute atomic E-state index is 5.39. The third-order valence-corrected chi connectivity index (χ3v) is 2.50. The molecule has 1 saturated heterocycles. The lowest BCUT2D eigenvalue weighted by atomic mass is 10.1. The second kappa shape index (κ2) is 5.09. The molecule has 1 atom stereocenters. The lowest BCUT2D eigenvalue weighted by Gasteiger charge is -2.23. The second-order valence-electron chi connectivity index (χ2n) is 3.89. The van der Waals surface area contributed by atoms with Crippen molar-refractivity contribution < 1.29 is 4.74 Å². The van der Waals surface area contributed by atoms with E-state index in [0.717, 1.165) is 31.9 Å². The van der Waals surface area contributed by atoms with Gasteiger partial charge < -0.3 is 15.5 Å². The van der Waals surface area contributed by atoms with Gasteiger partial charge in [0.05, 0.1) is 12.6 Å². The Morgan fingerprint density at radius 3 is 2.94 bits per heavy atom. The Morgan fingerprint density at radius 1 is 1.44 bits per heavy atom. The van der Waals surface area contributed by atoms with Crippen molar-refractivity contribution >= 4 is 11.6 Å². The van der Waals surface area contributed by atoms with Crippen molar-refractivity contribution in [3.05, 3.63) is 11.9 Å². The van der Waals surface area contributed by atoms with Crippen LogP contribution in [0.2, 0.25) is 0 Å². The zero-order valence-corrected chi connectivity index (χ0v) is 9.36. The van der Waals surface area contributed by atoms with Gasteiger partial charge in [-0.05, 0) is 19.8 Å². The molecule has 2 rings (SSSR count). The van der Waals surface area contributed by atoms with Gasteiger partial charge in [0.15, 0.2) is 0 Å². The first-order valence-corrected chi connectivity index (χ1v) is 5.44. The normalized spacial score (nSPS) is 20.5. The minimum atomic E-state index is 0.327. The minimum Gasteiger partial charge on any atom is -0.379 e. The standard InChI is InChI=1S/C10H17N5O/c1-7-12-9(5-10(13-7)15-11)14-8-3-2-4-16-6-8/h5,8H,2-4,6,11H2,1H3,(H2,12,13,14,15).